The number of urea groups is 1. The molecule has 1 saturated heterocycles. The fraction of sp³-hybridized carbons (Fsp3) is 0.389. The molecule has 0 saturated carbocycles. The zero-order valence-electron chi connectivity index (χ0n) is 14.8. The Morgan fingerprint density at radius 1 is 1.23 bits per heavy atom. The lowest BCUT2D eigenvalue weighted by Gasteiger charge is -2.27. The first-order chi connectivity index (χ1) is 12.7. The normalized spacial score (nSPS) is 14.0. The molecule has 1 aromatic heterocycles. The van der Waals surface area contributed by atoms with Crippen LogP contribution in [-0.2, 0) is 11.3 Å². The van der Waals surface area contributed by atoms with Crippen molar-refractivity contribution in [2.75, 3.05) is 43.1 Å². The maximum atomic E-state index is 12.0. The highest BCUT2D eigenvalue weighted by Crippen LogP contribution is 2.15. The third kappa shape index (κ3) is 5.06. The van der Waals surface area contributed by atoms with E-state index in [4.69, 9.17) is 9.47 Å². The minimum atomic E-state index is -0.311. The predicted molar refractivity (Wildman–Crippen MR) is 98.5 cm³/mol. The Hall–Kier alpha value is -2.87. The summed E-state index contributed by atoms with van der Waals surface area (Å²) in [7, 11) is 0. The van der Waals surface area contributed by atoms with E-state index in [1.807, 2.05) is 25.1 Å². The molecule has 1 aliphatic heterocycles. The summed E-state index contributed by atoms with van der Waals surface area (Å²) in [6.07, 6.45) is 1.71. The Balaban J connectivity index is 1.51. The van der Waals surface area contributed by atoms with Crippen molar-refractivity contribution in [3.8, 4) is 5.75 Å². The van der Waals surface area contributed by atoms with E-state index in [1.165, 1.54) is 0 Å². The number of amides is 2. The summed E-state index contributed by atoms with van der Waals surface area (Å²) in [5.41, 5.74) is 0.689. The second-order valence-corrected chi connectivity index (χ2v) is 5.70. The Morgan fingerprint density at radius 3 is 2.73 bits per heavy atom. The van der Waals surface area contributed by atoms with Crippen molar-refractivity contribution in [2.24, 2.45) is 0 Å². The van der Waals surface area contributed by atoms with E-state index in [1.54, 1.807) is 18.3 Å². The third-order valence-electron chi connectivity index (χ3n) is 3.86. The fourth-order valence-corrected chi connectivity index (χ4v) is 2.58. The van der Waals surface area contributed by atoms with E-state index in [0.29, 0.717) is 31.3 Å². The molecule has 0 aliphatic carbocycles. The molecule has 0 radical (unpaired) electrons. The second kappa shape index (κ2) is 9.00. The van der Waals surface area contributed by atoms with Crippen LogP contribution in [0, 0.1) is 0 Å². The van der Waals surface area contributed by atoms with Gasteiger partial charge in [-0.3, -0.25) is 0 Å². The van der Waals surface area contributed by atoms with Crippen LogP contribution in [0.25, 0.3) is 0 Å². The summed E-state index contributed by atoms with van der Waals surface area (Å²) in [6, 6.07) is 8.77. The second-order valence-electron chi connectivity index (χ2n) is 5.70. The number of ether oxygens (including phenoxy) is 2. The van der Waals surface area contributed by atoms with Gasteiger partial charge in [-0.15, -0.1) is 0 Å². The van der Waals surface area contributed by atoms with Crippen LogP contribution in [0.5, 0.6) is 5.75 Å². The van der Waals surface area contributed by atoms with Gasteiger partial charge in [-0.05, 0) is 37.3 Å². The molecular weight excluding hydrogens is 334 g/mol. The fourth-order valence-electron chi connectivity index (χ4n) is 2.58. The first-order valence-electron chi connectivity index (χ1n) is 8.67. The lowest BCUT2D eigenvalue weighted by molar-refractivity contribution is 0.122. The van der Waals surface area contributed by atoms with Crippen molar-refractivity contribution in [1.82, 2.24) is 15.3 Å². The number of hydrogen-bond donors (Lipinski definition) is 2. The number of rotatable bonds is 6. The molecule has 8 heteroatoms. The summed E-state index contributed by atoms with van der Waals surface area (Å²) in [6.45, 7) is 5.79. The molecule has 8 nitrogen and oxygen atoms in total. The zero-order valence-corrected chi connectivity index (χ0v) is 14.8. The molecule has 138 valence electrons. The Bertz CT molecular complexity index is 717. The van der Waals surface area contributed by atoms with Crippen molar-refractivity contribution in [2.45, 2.75) is 13.5 Å². The molecule has 3 rings (SSSR count). The van der Waals surface area contributed by atoms with E-state index >= 15 is 0 Å². The minimum absolute atomic E-state index is 0.251. The summed E-state index contributed by atoms with van der Waals surface area (Å²) in [4.78, 5) is 22.9. The van der Waals surface area contributed by atoms with Crippen LogP contribution >= 0.6 is 0 Å². The van der Waals surface area contributed by atoms with Crippen molar-refractivity contribution in [3.05, 3.63) is 42.4 Å². The highest BCUT2D eigenvalue weighted by Gasteiger charge is 2.13. The molecule has 26 heavy (non-hydrogen) atoms. The average Bonchev–Trinajstić information content (AvgIpc) is 2.69. The SMILES string of the molecule is CCOc1ccc(NC(=O)NCc2nccc(N3CCOCC3)n2)cc1. The van der Waals surface area contributed by atoms with Crippen molar-refractivity contribution >= 4 is 17.5 Å². The van der Waals surface area contributed by atoms with Gasteiger partial charge in [0.25, 0.3) is 0 Å². The first-order valence-corrected chi connectivity index (χ1v) is 8.67. The molecule has 0 spiro atoms. The smallest absolute Gasteiger partial charge is 0.319 e. The van der Waals surface area contributed by atoms with E-state index in [2.05, 4.69) is 25.5 Å². The molecule has 2 N–H and O–H groups in total. The maximum absolute atomic E-state index is 12.0. The molecule has 1 aromatic carbocycles. The molecule has 2 aromatic rings. The zero-order chi connectivity index (χ0) is 18.2. The molecule has 0 atom stereocenters. The number of carbonyl (C=O) groups is 1. The highest BCUT2D eigenvalue weighted by molar-refractivity contribution is 5.89. The van der Waals surface area contributed by atoms with Gasteiger partial charge in [-0.2, -0.15) is 0 Å². The van der Waals surface area contributed by atoms with Crippen LogP contribution in [0.3, 0.4) is 0 Å². The molecule has 0 unspecified atom stereocenters. The number of morpholine rings is 1. The first kappa shape index (κ1) is 17.9. The topological polar surface area (TPSA) is 88.6 Å². The van der Waals surface area contributed by atoms with Crippen molar-refractivity contribution in [1.29, 1.82) is 0 Å². The summed E-state index contributed by atoms with van der Waals surface area (Å²) < 4.78 is 10.7. The number of hydrogen-bond acceptors (Lipinski definition) is 6. The lowest BCUT2D eigenvalue weighted by Crippen LogP contribution is -2.37. The van der Waals surface area contributed by atoms with Crippen LogP contribution in [0.2, 0.25) is 0 Å². The number of nitrogens with zero attached hydrogens (tertiary/aromatic N) is 3. The van der Waals surface area contributed by atoms with E-state index < -0.39 is 0 Å². The summed E-state index contributed by atoms with van der Waals surface area (Å²) in [5, 5.41) is 5.54. The quantitative estimate of drug-likeness (QED) is 0.822. The summed E-state index contributed by atoms with van der Waals surface area (Å²) in [5.74, 6) is 2.19. The van der Waals surface area contributed by atoms with Gasteiger partial charge in [0.15, 0.2) is 0 Å². The van der Waals surface area contributed by atoms with Crippen LogP contribution in [-0.4, -0.2) is 48.9 Å². The van der Waals surface area contributed by atoms with Gasteiger partial charge in [-0.1, -0.05) is 0 Å². The van der Waals surface area contributed by atoms with Gasteiger partial charge < -0.3 is 25.0 Å². The predicted octanol–water partition coefficient (Wildman–Crippen LogP) is 2.03. The third-order valence-corrected chi connectivity index (χ3v) is 3.86. The molecule has 0 bridgehead atoms. The van der Waals surface area contributed by atoms with Crippen LogP contribution in [0.15, 0.2) is 36.5 Å². The number of benzene rings is 1. The van der Waals surface area contributed by atoms with Gasteiger partial charge in [-0.25, -0.2) is 14.8 Å². The van der Waals surface area contributed by atoms with Gasteiger partial charge >= 0.3 is 6.03 Å². The molecule has 1 aliphatic rings. The van der Waals surface area contributed by atoms with Crippen LogP contribution < -0.4 is 20.3 Å². The Labute approximate surface area is 152 Å². The van der Waals surface area contributed by atoms with Gasteiger partial charge in [0.2, 0.25) is 0 Å². The number of nitrogens with one attached hydrogen (secondary N) is 2. The van der Waals surface area contributed by atoms with Gasteiger partial charge in [0.1, 0.15) is 17.4 Å². The molecule has 2 amide bonds. The van der Waals surface area contributed by atoms with Crippen molar-refractivity contribution < 1.29 is 14.3 Å². The minimum Gasteiger partial charge on any atom is -0.494 e. The number of carbonyl (C=O) groups excluding carboxylic acids is 1. The summed E-state index contributed by atoms with van der Waals surface area (Å²) >= 11 is 0. The average molecular weight is 357 g/mol. The Kier molecular flexibility index (Phi) is 6.21. The van der Waals surface area contributed by atoms with Crippen LogP contribution in [0.1, 0.15) is 12.7 Å². The lowest BCUT2D eigenvalue weighted by atomic mass is 10.3. The van der Waals surface area contributed by atoms with E-state index in [-0.39, 0.29) is 12.6 Å². The Morgan fingerprint density at radius 2 is 2.00 bits per heavy atom. The standard InChI is InChI=1S/C18H23N5O3/c1-2-26-15-5-3-14(4-6-15)21-18(24)20-13-16-19-8-7-17(22-16)23-9-11-25-12-10-23/h3-8H,2,9-13H2,1H3,(H2,20,21,24). The van der Waals surface area contributed by atoms with Crippen LogP contribution in [0.4, 0.5) is 16.3 Å². The largest absolute Gasteiger partial charge is 0.494 e. The van der Waals surface area contributed by atoms with Crippen molar-refractivity contribution in [3.63, 3.8) is 0 Å². The highest BCUT2D eigenvalue weighted by atomic mass is 16.5. The van der Waals surface area contributed by atoms with E-state index in [9.17, 15) is 4.79 Å². The molecular formula is C18H23N5O3. The van der Waals surface area contributed by atoms with E-state index in [0.717, 1.165) is 24.7 Å². The molecule has 2 heterocycles. The van der Waals surface area contributed by atoms with Gasteiger partial charge in [0, 0.05) is 25.0 Å². The number of aromatic nitrogens is 2. The number of anilines is 2. The monoisotopic (exact) mass is 357 g/mol. The maximum Gasteiger partial charge on any atom is 0.319 e. The van der Waals surface area contributed by atoms with Gasteiger partial charge in [0.05, 0.1) is 26.4 Å². The molecule has 1 fully saturated rings.